The molecule has 4 aromatic rings. The predicted molar refractivity (Wildman–Crippen MR) is 128 cm³/mol. The topological polar surface area (TPSA) is 129 Å². The molecule has 0 fully saturated rings. The molecule has 1 amide bonds. The van der Waals surface area contributed by atoms with Crippen molar-refractivity contribution >= 4 is 27.1 Å². The van der Waals surface area contributed by atoms with Crippen LogP contribution in [0.25, 0.3) is 5.65 Å². The lowest BCUT2D eigenvalue weighted by Gasteiger charge is -2.14. The summed E-state index contributed by atoms with van der Waals surface area (Å²) >= 11 is 0. The molecule has 11 heteroatoms. The number of hydrogen-bond acceptors (Lipinski definition) is 8. The Bertz CT molecular complexity index is 1550. The van der Waals surface area contributed by atoms with Gasteiger partial charge in [-0.05, 0) is 49.4 Å². The molecule has 4 rings (SSSR count). The summed E-state index contributed by atoms with van der Waals surface area (Å²) in [6, 6.07) is 13.6. The number of anilines is 1. The average Bonchev–Trinajstić information content (AvgIpc) is 3.24. The fraction of sp³-hybridized carbons (Fsp3) is 0.208. The molecule has 182 valence electrons. The summed E-state index contributed by atoms with van der Waals surface area (Å²) in [4.78, 5) is 29.5. The number of nitrogens with zero attached hydrogens (tertiary/aromatic N) is 2. The Morgan fingerprint density at radius 1 is 1.11 bits per heavy atom. The summed E-state index contributed by atoms with van der Waals surface area (Å²) in [5.74, 6) is 0.776. The molecule has 0 aliphatic heterocycles. The van der Waals surface area contributed by atoms with Gasteiger partial charge in [0.25, 0.3) is 11.5 Å². The number of carbonyl (C=O) groups excluding carboxylic acids is 1. The van der Waals surface area contributed by atoms with E-state index in [2.05, 4.69) is 10.3 Å². The molecule has 0 unspecified atom stereocenters. The van der Waals surface area contributed by atoms with E-state index >= 15 is 0 Å². The molecule has 0 saturated carbocycles. The van der Waals surface area contributed by atoms with E-state index < -0.39 is 21.3 Å². The highest BCUT2D eigenvalue weighted by molar-refractivity contribution is 7.91. The zero-order valence-corrected chi connectivity index (χ0v) is 20.1. The SMILES string of the molecule is CCS(=O)(=O)c1ccc(OCc2cc(=O)n3oc(C)cc3n2)c(NC(=O)c2ccc(OC)cc2)c1. The van der Waals surface area contributed by atoms with Crippen LogP contribution in [0.5, 0.6) is 11.5 Å². The number of ether oxygens (including phenoxy) is 2. The van der Waals surface area contributed by atoms with Crippen molar-refractivity contribution in [1.29, 1.82) is 0 Å². The summed E-state index contributed by atoms with van der Waals surface area (Å²) in [5, 5.41) is 2.71. The van der Waals surface area contributed by atoms with E-state index in [0.717, 1.165) is 4.57 Å². The van der Waals surface area contributed by atoms with Crippen LogP contribution in [0.4, 0.5) is 5.69 Å². The first kappa shape index (κ1) is 24.0. The first-order valence-corrected chi connectivity index (χ1v) is 12.3. The standard InChI is InChI=1S/C24H23N3O7S/c1-4-35(30,31)19-9-10-21(20(13-19)26-24(29)16-5-7-18(32-3)8-6-16)33-14-17-12-23(28)27-22(25-17)11-15(2)34-27/h5-13H,4,14H2,1-3H3,(H,26,29). The van der Waals surface area contributed by atoms with Crippen molar-refractivity contribution in [2.75, 3.05) is 18.2 Å². The van der Waals surface area contributed by atoms with Gasteiger partial charge in [-0.25, -0.2) is 13.4 Å². The van der Waals surface area contributed by atoms with Gasteiger partial charge in [0, 0.05) is 17.7 Å². The Kier molecular flexibility index (Phi) is 6.61. The van der Waals surface area contributed by atoms with Gasteiger partial charge in [0.05, 0.1) is 29.1 Å². The molecule has 1 N–H and O–H groups in total. The lowest BCUT2D eigenvalue weighted by molar-refractivity contribution is 0.102. The van der Waals surface area contributed by atoms with Crippen LogP contribution in [-0.4, -0.2) is 36.7 Å². The molecule has 0 aliphatic rings. The third-order valence-corrected chi connectivity index (χ3v) is 6.92. The van der Waals surface area contributed by atoms with Crippen LogP contribution in [0.1, 0.15) is 28.7 Å². The van der Waals surface area contributed by atoms with E-state index in [1.54, 1.807) is 37.3 Å². The fourth-order valence-electron chi connectivity index (χ4n) is 3.33. The number of aryl methyl sites for hydroxylation is 1. The molecule has 2 aromatic carbocycles. The van der Waals surface area contributed by atoms with E-state index in [4.69, 9.17) is 14.0 Å². The van der Waals surface area contributed by atoms with Gasteiger partial charge >= 0.3 is 0 Å². The second kappa shape index (κ2) is 9.63. The number of fused-ring (bicyclic) bond motifs is 1. The van der Waals surface area contributed by atoms with Crippen LogP contribution in [0.2, 0.25) is 0 Å². The van der Waals surface area contributed by atoms with Crippen molar-refractivity contribution in [1.82, 2.24) is 9.56 Å². The number of methoxy groups -OCH3 is 1. The van der Waals surface area contributed by atoms with E-state index in [-0.39, 0.29) is 28.7 Å². The molecule has 2 aromatic heterocycles. The van der Waals surface area contributed by atoms with Gasteiger partial charge in [-0.2, -0.15) is 0 Å². The monoisotopic (exact) mass is 497 g/mol. The molecule has 35 heavy (non-hydrogen) atoms. The van der Waals surface area contributed by atoms with Gasteiger partial charge in [-0.15, -0.1) is 4.57 Å². The zero-order chi connectivity index (χ0) is 25.2. The molecule has 0 aliphatic carbocycles. The Morgan fingerprint density at radius 2 is 1.86 bits per heavy atom. The van der Waals surface area contributed by atoms with Crippen molar-refractivity contribution in [2.24, 2.45) is 0 Å². The minimum absolute atomic E-state index is 0.0454. The number of aromatic nitrogens is 2. The third kappa shape index (κ3) is 5.19. The van der Waals surface area contributed by atoms with Crippen LogP contribution in [-0.2, 0) is 16.4 Å². The normalized spacial score (nSPS) is 11.4. The predicted octanol–water partition coefficient (Wildman–Crippen LogP) is 3.23. The van der Waals surface area contributed by atoms with Gasteiger partial charge in [-0.3, -0.25) is 9.59 Å². The molecular weight excluding hydrogens is 474 g/mol. The highest BCUT2D eigenvalue weighted by Crippen LogP contribution is 2.30. The smallest absolute Gasteiger partial charge is 0.287 e. The summed E-state index contributed by atoms with van der Waals surface area (Å²) in [5.41, 5.74) is 0.784. The van der Waals surface area contributed by atoms with Crippen molar-refractivity contribution in [3.8, 4) is 11.5 Å². The number of nitrogens with one attached hydrogen (secondary N) is 1. The molecule has 2 heterocycles. The molecule has 0 bridgehead atoms. The van der Waals surface area contributed by atoms with E-state index in [1.165, 1.54) is 38.3 Å². The van der Waals surface area contributed by atoms with Gasteiger partial charge in [0.1, 0.15) is 23.9 Å². The summed E-state index contributed by atoms with van der Waals surface area (Å²) in [7, 11) is -2.01. The second-order valence-electron chi connectivity index (χ2n) is 7.62. The van der Waals surface area contributed by atoms with Gasteiger partial charge in [-0.1, -0.05) is 6.92 Å². The van der Waals surface area contributed by atoms with Crippen molar-refractivity contribution in [2.45, 2.75) is 25.3 Å². The lowest BCUT2D eigenvalue weighted by Crippen LogP contribution is -2.16. The Morgan fingerprint density at radius 3 is 2.54 bits per heavy atom. The maximum Gasteiger partial charge on any atom is 0.287 e. The Hall–Kier alpha value is -4.12. The lowest BCUT2D eigenvalue weighted by atomic mass is 10.2. The number of hydrogen-bond donors (Lipinski definition) is 1. The number of rotatable bonds is 8. The van der Waals surface area contributed by atoms with Crippen LogP contribution in [0.15, 0.2) is 68.8 Å². The quantitative estimate of drug-likeness (QED) is 0.393. The average molecular weight is 498 g/mol. The fourth-order valence-corrected chi connectivity index (χ4v) is 4.24. The number of carbonyl (C=O) groups is 1. The van der Waals surface area contributed by atoms with Gasteiger partial charge in [0.2, 0.25) is 0 Å². The van der Waals surface area contributed by atoms with Gasteiger partial charge < -0.3 is 19.3 Å². The molecule has 0 spiro atoms. The largest absolute Gasteiger partial charge is 0.497 e. The van der Waals surface area contributed by atoms with E-state index in [1.807, 2.05) is 0 Å². The zero-order valence-electron chi connectivity index (χ0n) is 19.3. The molecular formula is C24H23N3O7S. The van der Waals surface area contributed by atoms with Crippen LogP contribution >= 0.6 is 0 Å². The van der Waals surface area contributed by atoms with Crippen LogP contribution in [0, 0.1) is 6.92 Å². The first-order chi connectivity index (χ1) is 16.7. The minimum atomic E-state index is -3.53. The summed E-state index contributed by atoms with van der Waals surface area (Å²) in [6.07, 6.45) is 0. The van der Waals surface area contributed by atoms with Crippen molar-refractivity contribution < 1.29 is 27.2 Å². The number of benzene rings is 2. The first-order valence-electron chi connectivity index (χ1n) is 10.6. The maximum atomic E-state index is 12.8. The van der Waals surface area contributed by atoms with Crippen LogP contribution in [0.3, 0.4) is 0 Å². The maximum absolute atomic E-state index is 12.8. The second-order valence-corrected chi connectivity index (χ2v) is 9.90. The minimum Gasteiger partial charge on any atom is -0.497 e. The molecule has 0 radical (unpaired) electrons. The Labute approximate surface area is 201 Å². The van der Waals surface area contributed by atoms with Gasteiger partial charge in [0.15, 0.2) is 15.5 Å². The molecule has 0 atom stereocenters. The van der Waals surface area contributed by atoms with Crippen molar-refractivity contribution in [3.63, 3.8) is 0 Å². The van der Waals surface area contributed by atoms with Crippen LogP contribution < -0.4 is 20.3 Å². The third-order valence-electron chi connectivity index (χ3n) is 5.19. The van der Waals surface area contributed by atoms with E-state index in [9.17, 15) is 18.0 Å². The summed E-state index contributed by atoms with van der Waals surface area (Å²) < 4.78 is 42.1. The van der Waals surface area contributed by atoms with E-state index in [0.29, 0.717) is 28.4 Å². The summed E-state index contributed by atoms with van der Waals surface area (Å²) in [6.45, 7) is 3.14. The molecule has 10 nitrogen and oxygen atoms in total. The highest BCUT2D eigenvalue weighted by Gasteiger charge is 2.18. The number of sulfone groups is 1. The number of amides is 1. The Balaban J connectivity index is 1.64. The molecule has 0 saturated heterocycles. The highest BCUT2D eigenvalue weighted by atomic mass is 32.2. The van der Waals surface area contributed by atoms with Crippen molar-refractivity contribution in [3.05, 3.63) is 82.0 Å².